The van der Waals surface area contributed by atoms with Crippen LogP contribution in [0.3, 0.4) is 0 Å². The van der Waals surface area contributed by atoms with Crippen molar-refractivity contribution in [2.24, 2.45) is 0 Å². The normalized spacial score (nSPS) is 15.5. The zero-order chi connectivity index (χ0) is 18.9. The quantitative estimate of drug-likeness (QED) is 0.495. The number of aromatic amines is 2. The molecular formula is C20H23N7O. The monoisotopic (exact) mass is 377 g/mol. The fourth-order valence-electron chi connectivity index (χ4n) is 3.83. The van der Waals surface area contributed by atoms with Gasteiger partial charge in [-0.15, -0.1) is 0 Å². The van der Waals surface area contributed by atoms with Gasteiger partial charge in [0.1, 0.15) is 17.8 Å². The zero-order valence-electron chi connectivity index (χ0n) is 15.8. The summed E-state index contributed by atoms with van der Waals surface area (Å²) in [5.74, 6) is 0.866. The Labute approximate surface area is 162 Å². The Morgan fingerprint density at radius 3 is 2.93 bits per heavy atom. The highest BCUT2D eigenvalue weighted by Gasteiger charge is 2.14. The van der Waals surface area contributed by atoms with Crippen LogP contribution in [0, 0.1) is 6.92 Å². The van der Waals surface area contributed by atoms with E-state index in [0.29, 0.717) is 0 Å². The van der Waals surface area contributed by atoms with Crippen LogP contribution in [-0.4, -0.2) is 69.4 Å². The lowest BCUT2D eigenvalue weighted by Crippen LogP contribution is -2.39. The number of nitrogens with one attached hydrogen (secondary N) is 3. The second-order valence-corrected chi connectivity index (χ2v) is 7.10. The Morgan fingerprint density at radius 2 is 2.11 bits per heavy atom. The number of anilines is 1. The van der Waals surface area contributed by atoms with Crippen molar-refractivity contribution >= 4 is 27.8 Å². The van der Waals surface area contributed by atoms with Crippen LogP contribution in [0.15, 0.2) is 30.7 Å². The van der Waals surface area contributed by atoms with Crippen LogP contribution in [0.1, 0.15) is 5.69 Å². The number of aryl methyl sites for hydroxylation is 1. The topological polar surface area (TPSA) is 94.8 Å². The van der Waals surface area contributed by atoms with E-state index in [2.05, 4.69) is 53.6 Å². The number of morpholine rings is 1. The van der Waals surface area contributed by atoms with Crippen molar-refractivity contribution in [3.8, 4) is 11.1 Å². The van der Waals surface area contributed by atoms with Crippen molar-refractivity contribution in [3.63, 3.8) is 0 Å². The number of nitrogens with zero attached hydrogens (tertiary/aromatic N) is 4. The molecule has 4 heterocycles. The number of H-pyrrole nitrogens is 2. The van der Waals surface area contributed by atoms with E-state index in [9.17, 15) is 0 Å². The predicted molar refractivity (Wildman–Crippen MR) is 109 cm³/mol. The minimum Gasteiger partial charge on any atom is -0.379 e. The van der Waals surface area contributed by atoms with Gasteiger partial charge in [-0.05, 0) is 24.6 Å². The molecular weight excluding hydrogens is 354 g/mol. The second kappa shape index (κ2) is 7.21. The molecule has 0 radical (unpaired) electrons. The minimum absolute atomic E-state index is 0.816. The summed E-state index contributed by atoms with van der Waals surface area (Å²) < 4.78 is 5.42. The molecule has 0 saturated carbocycles. The third-order valence-electron chi connectivity index (χ3n) is 5.36. The average molecular weight is 377 g/mol. The van der Waals surface area contributed by atoms with Crippen LogP contribution in [-0.2, 0) is 4.74 Å². The Kier molecular flexibility index (Phi) is 4.42. The summed E-state index contributed by atoms with van der Waals surface area (Å²) in [5, 5.41) is 12.8. The molecule has 28 heavy (non-hydrogen) atoms. The van der Waals surface area contributed by atoms with Crippen LogP contribution in [0.4, 0.5) is 5.82 Å². The van der Waals surface area contributed by atoms with Crippen LogP contribution in [0.25, 0.3) is 33.1 Å². The summed E-state index contributed by atoms with van der Waals surface area (Å²) in [6.45, 7) is 7.42. The van der Waals surface area contributed by atoms with E-state index >= 15 is 0 Å². The van der Waals surface area contributed by atoms with E-state index in [4.69, 9.17) is 4.74 Å². The highest BCUT2D eigenvalue weighted by Crippen LogP contribution is 2.32. The van der Waals surface area contributed by atoms with E-state index in [1.165, 1.54) is 0 Å². The molecule has 3 N–H and O–H groups in total. The van der Waals surface area contributed by atoms with Crippen molar-refractivity contribution in [1.29, 1.82) is 0 Å². The van der Waals surface area contributed by atoms with Gasteiger partial charge in [-0.25, -0.2) is 9.97 Å². The molecule has 5 rings (SSSR count). The number of hydrogen-bond acceptors (Lipinski definition) is 6. The van der Waals surface area contributed by atoms with E-state index < -0.39 is 0 Å². The van der Waals surface area contributed by atoms with E-state index in [1.807, 2.05) is 13.1 Å². The number of fused-ring (bicyclic) bond motifs is 3. The van der Waals surface area contributed by atoms with Gasteiger partial charge in [0.15, 0.2) is 0 Å². The van der Waals surface area contributed by atoms with Crippen LogP contribution in [0.5, 0.6) is 0 Å². The third kappa shape index (κ3) is 3.10. The molecule has 1 saturated heterocycles. The summed E-state index contributed by atoms with van der Waals surface area (Å²) in [6.07, 6.45) is 3.54. The van der Waals surface area contributed by atoms with Crippen LogP contribution >= 0.6 is 0 Å². The van der Waals surface area contributed by atoms with E-state index in [1.54, 1.807) is 6.33 Å². The first-order chi connectivity index (χ1) is 13.8. The maximum absolute atomic E-state index is 5.42. The number of benzene rings is 1. The Hall–Kier alpha value is -2.97. The van der Waals surface area contributed by atoms with Crippen molar-refractivity contribution < 1.29 is 4.74 Å². The van der Waals surface area contributed by atoms with Crippen molar-refractivity contribution in [2.45, 2.75) is 6.92 Å². The molecule has 144 valence electrons. The first-order valence-corrected chi connectivity index (χ1v) is 9.61. The molecule has 1 aromatic carbocycles. The number of aromatic nitrogens is 5. The van der Waals surface area contributed by atoms with Gasteiger partial charge in [0, 0.05) is 48.8 Å². The summed E-state index contributed by atoms with van der Waals surface area (Å²) in [6, 6.07) is 6.38. The van der Waals surface area contributed by atoms with Gasteiger partial charge in [0.2, 0.25) is 0 Å². The van der Waals surface area contributed by atoms with Gasteiger partial charge in [-0.2, -0.15) is 5.10 Å². The van der Waals surface area contributed by atoms with Crippen molar-refractivity contribution in [3.05, 3.63) is 36.4 Å². The minimum atomic E-state index is 0.816. The number of hydrogen-bond donors (Lipinski definition) is 3. The summed E-state index contributed by atoms with van der Waals surface area (Å²) in [4.78, 5) is 14.8. The molecule has 0 spiro atoms. The molecule has 3 aromatic heterocycles. The maximum Gasteiger partial charge on any atom is 0.143 e. The second-order valence-electron chi connectivity index (χ2n) is 7.10. The molecule has 0 unspecified atom stereocenters. The molecule has 0 aliphatic carbocycles. The van der Waals surface area contributed by atoms with Gasteiger partial charge >= 0.3 is 0 Å². The molecule has 8 nitrogen and oxygen atoms in total. The molecule has 0 atom stereocenters. The Morgan fingerprint density at radius 1 is 1.21 bits per heavy atom. The Bertz CT molecular complexity index is 1110. The fraction of sp³-hybridized carbons (Fsp3) is 0.350. The lowest BCUT2D eigenvalue weighted by molar-refractivity contribution is 0.0398. The van der Waals surface area contributed by atoms with Gasteiger partial charge in [0.25, 0.3) is 0 Å². The van der Waals surface area contributed by atoms with Gasteiger partial charge < -0.3 is 15.0 Å². The molecule has 1 aliphatic heterocycles. The fourth-order valence-corrected chi connectivity index (χ4v) is 3.83. The van der Waals surface area contributed by atoms with Crippen molar-refractivity contribution in [1.82, 2.24) is 30.0 Å². The van der Waals surface area contributed by atoms with Gasteiger partial charge in [-0.3, -0.25) is 10.00 Å². The smallest absolute Gasteiger partial charge is 0.143 e. The highest BCUT2D eigenvalue weighted by atomic mass is 16.5. The first-order valence-electron chi connectivity index (χ1n) is 9.61. The average Bonchev–Trinajstić information content (AvgIpc) is 3.32. The standard InChI is InChI=1S/C20H23N7O/c1-13-16(11-24-26-13)14-2-3-17-15(10-14)18-19(22-12-23-20(18)25-17)21-4-5-27-6-8-28-9-7-27/h2-3,10-12H,4-9H2,1H3,(H,24,26)(H2,21,22,23,25). The largest absolute Gasteiger partial charge is 0.379 e. The SMILES string of the molecule is Cc1n[nH]cc1-c1ccc2[nH]c3ncnc(NCCN4CCOCC4)c3c2c1. The highest BCUT2D eigenvalue weighted by molar-refractivity contribution is 6.12. The maximum atomic E-state index is 5.42. The number of rotatable bonds is 5. The lowest BCUT2D eigenvalue weighted by atomic mass is 10.0. The predicted octanol–water partition coefficient (Wildman–Crippen LogP) is 2.55. The summed E-state index contributed by atoms with van der Waals surface area (Å²) in [7, 11) is 0. The Balaban J connectivity index is 1.47. The van der Waals surface area contributed by atoms with E-state index in [-0.39, 0.29) is 0 Å². The molecule has 8 heteroatoms. The molecule has 1 fully saturated rings. The molecule has 4 aromatic rings. The first kappa shape index (κ1) is 17.2. The van der Waals surface area contributed by atoms with E-state index in [0.717, 1.165) is 84.0 Å². The third-order valence-corrected chi connectivity index (χ3v) is 5.36. The molecule has 1 aliphatic rings. The van der Waals surface area contributed by atoms with Crippen LogP contribution in [0.2, 0.25) is 0 Å². The van der Waals surface area contributed by atoms with Gasteiger partial charge in [-0.1, -0.05) is 6.07 Å². The van der Waals surface area contributed by atoms with Crippen LogP contribution < -0.4 is 5.32 Å². The number of ether oxygens (including phenoxy) is 1. The lowest BCUT2D eigenvalue weighted by Gasteiger charge is -2.26. The molecule has 0 bridgehead atoms. The summed E-state index contributed by atoms with van der Waals surface area (Å²) >= 11 is 0. The molecule has 0 amide bonds. The summed E-state index contributed by atoms with van der Waals surface area (Å²) in [5.41, 5.74) is 5.12. The van der Waals surface area contributed by atoms with Crippen molar-refractivity contribution in [2.75, 3.05) is 44.7 Å². The zero-order valence-corrected chi connectivity index (χ0v) is 15.8. The van der Waals surface area contributed by atoms with Gasteiger partial charge in [0.05, 0.1) is 24.3 Å².